The number of ether oxygens (including phenoxy) is 3. The molecule has 18 heavy (non-hydrogen) atoms. The van der Waals surface area contributed by atoms with Gasteiger partial charge in [-0.1, -0.05) is 6.08 Å². The number of hydrogen-bond donors (Lipinski definition) is 0. The topological polar surface area (TPSA) is 44.8 Å². The molecule has 0 saturated heterocycles. The first-order valence-electron chi connectivity index (χ1n) is 5.68. The monoisotopic (exact) mass is 250 g/mol. The first-order valence-corrected chi connectivity index (χ1v) is 5.68. The summed E-state index contributed by atoms with van der Waals surface area (Å²) in [6.45, 7) is 5.77. The minimum Gasteiger partial charge on any atom is -0.497 e. The smallest absolute Gasteiger partial charge is 0.317 e. The van der Waals surface area contributed by atoms with Crippen LogP contribution in [-0.2, 0) is 9.53 Å². The van der Waals surface area contributed by atoms with Gasteiger partial charge >= 0.3 is 5.97 Å². The molecule has 1 unspecified atom stereocenters. The van der Waals surface area contributed by atoms with E-state index in [1.165, 1.54) is 0 Å². The van der Waals surface area contributed by atoms with Crippen LogP contribution in [0, 0.1) is 0 Å². The van der Waals surface area contributed by atoms with Crippen LogP contribution in [0.15, 0.2) is 30.9 Å². The summed E-state index contributed by atoms with van der Waals surface area (Å²) in [6.07, 6.45) is 1.55. The summed E-state index contributed by atoms with van der Waals surface area (Å²) in [5, 5.41) is 0. The highest BCUT2D eigenvalue weighted by Crippen LogP contribution is 2.28. The summed E-state index contributed by atoms with van der Waals surface area (Å²) < 4.78 is 15.3. The molecule has 0 radical (unpaired) electrons. The molecular formula is C14H18O4. The third-order valence-corrected chi connectivity index (χ3v) is 2.51. The quantitative estimate of drug-likeness (QED) is 0.575. The number of esters is 1. The van der Waals surface area contributed by atoms with E-state index in [0.717, 1.165) is 5.56 Å². The van der Waals surface area contributed by atoms with Gasteiger partial charge in [-0.15, -0.1) is 6.58 Å². The number of hydrogen-bond acceptors (Lipinski definition) is 4. The lowest BCUT2D eigenvalue weighted by atomic mass is 9.99. The van der Waals surface area contributed by atoms with Crippen LogP contribution < -0.4 is 9.47 Å². The Hall–Kier alpha value is -1.97. The van der Waals surface area contributed by atoms with Gasteiger partial charge in [-0.3, -0.25) is 4.79 Å². The van der Waals surface area contributed by atoms with Gasteiger partial charge in [-0.05, 0) is 24.6 Å². The van der Waals surface area contributed by atoms with Gasteiger partial charge in [-0.25, -0.2) is 0 Å². The van der Waals surface area contributed by atoms with Gasteiger partial charge in [0, 0.05) is 6.07 Å². The van der Waals surface area contributed by atoms with E-state index in [-0.39, 0.29) is 5.97 Å². The van der Waals surface area contributed by atoms with Crippen LogP contribution in [0.3, 0.4) is 0 Å². The zero-order valence-electron chi connectivity index (χ0n) is 10.9. The van der Waals surface area contributed by atoms with Crippen LogP contribution in [0.1, 0.15) is 18.4 Å². The lowest BCUT2D eigenvalue weighted by Crippen LogP contribution is -2.14. The molecule has 0 N–H and O–H groups in total. The Labute approximate surface area is 107 Å². The van der Waals surface area contributed by atoms with Crippen molar-refractivity contribution in [2.45, 2.75) is 12.8 Å². The fourth-order valence-electron chi connectivity index (χ4n) is 1.61. The number of methoxy groups -OCH3 is 2. The van der Waals surface area contributed by atoms with Crippen molar-refractivity contribution in [2.75, 3.05) is 20.8 Å². The van der Waals surface area contributed by atoms with Crippen molar-refractivity contribution in [3.63, 3.8) is 0 Å². The molecule has 0 aromatic heterocycles. The fraction of sp³-hybridized carbons (Fsp3) is 0.357. The van der Waals surface area contributed by atoms with Crippen LogP contribution in [0.4, 0.5) is 0 Å². The summed E-state index contributed by atoms with van der Waals surface area (Å²) >= 11 is 0. The Balaban J connectivity index is 3.11. The highest BCUT2D eigenvalue weighted by molar-refractivity contribution is 5.80. The predicted molar refractivity (Wildman–Crippen MR) is 69.1 cm³/mol. The Kier molecular flexibility index (Phi) is 5.24. The van der Waals surface area contributed by atoms with Crippen molar-refractivity contribution < 1.29 is 19.0 Å². The van der Waals surface area contributed by atoms with Gasteiger partial charge in [0.15, 0.2) is 0 Å². The molecule has 0 heterocycles. The van der Waals surface area contributed by atoms with Crippen molar-refractivity contribution in [3.05, 3.63) is 36.4 Å². The number of carbonyl (C=O) groups excluding carboxylic acids is 1. The normalized spacial score (nSPS) is 11.5. The van der Waals surface area contributed by atoms with Crippen LogP contribution in [0.5, 0.6) is 11.5 Å². The molecule has 0 spiro atoms. The van der Waals surface area contributed by atoms with Gasteiger partial charge in [0.1, 0.15) is 11.5 Å². The van der Waals surface area contributed by atoms with E-state index in [1.807, 2.05) is 0 Å². The van der Waals surface area contributed by atoms with Crippen LogP contribution in [0.2, 0.25) is 0 Å². The van der Waals surface area contributed by atoms with Gasteiger partial charge in [0.05, 0.1) is 26.7 Å². The lowest BCUT2D eigenvalue weighted by molar-refractivity contribution is -0.143. The van der Waals surface area contributed by atoms with E-state index in [9.17, 15) is 4.79 Å². The highest BCUT2D eigenvalue weighted by atomic mass is 16.5. The second kappa shape index (κ2) is 6.69. The number of benzene rings is 1. The Morgan fingerprint density at radius 1 is 1.28 bits per heavy atom. The molecule has 0 aliphatic heterocycles. The van der Waals surface area contributed by atoms with Gasteiger partial charge in [0.25, 0.3) is 0 Å². The Bertz CT molecular complexity index is 404. The molecule has 0 amide bonds. The molecular weight excluding hydrogens is 232 g/mol. The molecule has 1 rings (SSSR count). The maximum atomic E-state index is 11.8. The third kappa shape index (κ3) is 3.26. The van der Waals surface area contributed by atoms with Crippen molar-refractivity contribution >= 4 is 5.97 Å². The summed E-state index contributed by atoms with van der Waals surface area (Å²) in [6, 6.07) is 5.28. The Morgan fingerprint density at radius 3 is 2.22 bits per heavy atom. The number of rotatable bonds is 6. The lowest BCUT2D eigenvalue weighted by Gasteiger charge is -2.14. The minimum absolute atomic E-state index is 0.331. The molecule has 0 bridgehead atoms. The van der Waals surface area contributed by atoms with Crippen LogP contribution in [0.25, 0.3) is 0 Å². The average Bonchev–Trinajstić information content (AvgIpc) is 2.39. The average molecular weight is 250 g/mol. The molecule has 4 nitrogen and oxygen atoms in total. The van der Waals surface area contributed by atoms with Gasteiger partial charge in [0.2, 0.25) is 0 Å². The molecule has 0 aliphatic carbocycles. The van der Waals surface area contributed by atoms with E-state index in [1.54, 1.807) is 45.4 Å². The summed E-state index contributed by atoms with van der Waals surface area (Å²) in [5.74, 6) is 0.401. The van der Waals surface area contributed by atoms with Crippen molar-refractivity contribution in [3.8, 4) is 11.5 Å². The maximum absolute atomic E-state index is 11.8. The van der Waals surface area contributed by atoms with Gasteiger partial charge in [-0.2, -0.15) is 0 Å². The van der Waals surface area contributed by atoms with Crippen molar-refractivity contribution in [1.29, 1.82) is 0 Å². The minimum atomic E-state index is -0.519. The summed E-state index contributed by atoms with van der Waals surface area (Å²) in [4.78, 5) is 11.8. The van der Waals surface area contributed by atoms with Crippen molar-refractivity contribution in [1.82, 2.24) is 0 Å². The second-order valence-electron chi connectivity index (χ2n) is 3.61. The maximum Gasteiger partial charge on any atom is 0.317 e. The third-order valence-electron chi connectivity index (χ3n) is 2.51. The second-order valence-corrected chi connectivity index (χ2v) is 3.61. The SMILES string of the molecule is C=CC(C(=O)OCC)c1cc(OC)cc(OC)c1. The Morgan fingerprint density at radius 2 is 1.83 bits per heavy atom. The number of carbonyl (C=O) groups is 1. The first kappa shape index (κ1) is 14.1. The van der Waals surface area contributed by atoms with E-state index in [4.69, 9.17) is 14.2 Å². The predicted octanol–water partition coefficient (Wildman–Crippen LogP) is 2.54. The molecule has 1 aromatic rings. The van der Waals surface area contributed by atoms with Crippen molar-refractivity contribution in [2.24, 2.45) is 0 Å². The van der Waals surface area contributed by atoms with E-state index < -0.39 is 5.92 Å². The molecule has 1 atom stereocenters. The zero-order chi connectivity index (χ0) is 13.5. The van der Waals surface area contributed by atoms with Crippen LogP contribution in [-0.4, -0.2) is 26.8 Å². The molecule has 0 saturated carbocycles. The summed E-state index contributed by atoms with van der Waals surface area (Å²) in [7, 11) is 3.12. The van der Waals surface area contributed by atoms with E-state index in [0.29, 0.717) is 18.1 Å². The molecule has 98 valence electrons. The zero-order valence-corrected chi connectivity index (χ0v) is 10.9. The first-order chi connectivity index (χ1) is 8.65. The van der Waals surface area contributed by atoms with Gasteiger partial charge < -0.3 is 14.2 Å². The molecule has 0 aliphatic rings. The summed E-state index contributed by atoms with van der Waals surface area (Å²) in [5.41, 5.74) is 0.736. The molecule has 4 heteroatoms. The van der Waals surface area contributed by atoms with E-state index >= 15 is 0 Å². The largest absolute Gasteiger partial charge is 0.497 e. The highest BCUT2D eigenvalue weighted by Gasteiger charge is 2.20. The standard InChI is InChI=1S/C14H18O4/c1-5-13(14(15)18-6-2)10-7-11(16-3)9-12(8-10)17-4/h5,7-9,13H,1,6H2,2-4H3. The fourth-order valence-corrected chi connectivity index (χ4v) is 1.61. The van der Waals surface area contributed by atoms with Crippen LogP contribution >= 0.6 is 0 Å². The molecule has 1 aromatic carbocycles. The molecule has 0 fully saturated rings. The van der Waals surface area contributed by atoms with E-state index in [2.05, 4.69) is 6.58 Å².